The van der Waals surface area contributed by atoms with Crippen molar-refractivity contribution in [3.05, 3.63) is 28.8 Å². The molecule has 90 valence electrons. The molecule has 5 heteroatoms. The Morgan fingerprint density at radius 3 is 2.59 bits per heavy atom. The number of rotatable bonds is 2. The number of benzene rings is 1. The van der Waals surface area contributed by atoms with E-state index in [-0.39, 0.29) is 17.1 Å². The maximum Gasteiger partial charge on any atom is 0.371 e. The van der Waals surface area contributed by atoms with Crippen molar-refractivity contribution in [3.8, 4) is 5.75 Å². The Balaban J connectivity index is 2.91. The fourth-order valence-corrected chi connectivity index (χ4v) is 1.86. The molecule has 0 saturated heterocycles. The van der Waals surface area contributed by atoms with Crippen LogP contribution in [0.2, 0.25) is 0 Å². The van der Waals surface area contributed by atoms with Crippen LogP contribution in [0.1, 0.15) is 21.7 Å². The van der Waals surface area contributed by atoms with E-state index in [4.69, 9.17) is 14.3 Å². The number of ether oxygens (including phenoxy) is 1. The first kappa shape index (κ1) is 11.4. The summed E-state index contributed by atoms with van der Waals surface area (Å²) >= 11 is 0. The van der Waals surface area contributed by atoms with E-state index in [9.17, 15) is 9.18 Å². The molecule has 0 fully saturated rings. The largest absolute Gasteiger partial charge is 0.492 e. The van der Waals surface area contributed by atoms with Gasteiger partial charge in [0.05, 0.1) is 7.11 Å². The van der Waals surface area contributed by atoms with Crippen LogP contribution in [0.5, 0.6) is 5.75 Å². The van der Waals surface area contributed by atoms with Crippen molar-refractivity contribution in [3.63, 3.8) is 0 Å². The van der Waals surface area contributed by atoms with Crippen molar-refractivity contribution in [2.75, 3.05) is 7.11 Å². The van der Waals surface area contributed by atoms with Crippen LogP contribution in [0.3, 0.4) is 0 Å². The first-order valence-corrected chi connectivity index (χ1v) is 4.96. The minimum absolute atomic E-state index is 0.230. The molecule has 2 aromatic rings. The lowest BCUT2D eigenvalue weighted by Crippen LogP contribution is -1.94. The quantitative estimate of drug-likeness (QED) is 0.873. The lowest BCUT2D eigenvalue weighted by atomic mass is 10.1. The average molecular weight is 238 g/mol. The molecule has 0 aliphatic heterocycles. The van der Waals surface area contributed by atoms with Crippen molar-refractivity contribution < 1.29 is 23.4 Å². The molecule has 0 radical (unpaired) electrons. The van der Waals surface area contributed by atoms with E-state index in [1.807, 2.05) is 0 Å². The number of hydrogen-bond acceptors (Lipinski definition) is 3. The summed E-state index contributed by atoms with van der Waals surface area (Å²) in [5, 5.41) is 9.27. The number of carboxylic acid groups (broad SMARTS) is 1. The standard InChI is InChI=1S/C12H11FO4/c1-5-7-4-8(12(14)15)17-11(7)10(16-3)6(2)9(5)13/h4H,1-3H3,(H,14,15). The second-order valence-corrected chi connectivity index (χ2v) is 3.76. The van der Waals surface area contributed by atoms with E-state index in [1.165, 1.54) is 13.2 Å². The molecule has 1 heterocycles. The number of carbonyl (C=O) groups is 1. The number of carboxylic acids is 1. The van der Waals surface area contributed by atoms with Crippen LogP contribution < -0.4 is 4.74 Å². The number of methoxy groups -OCH3 is 1. The van der Waals surface area contributed by atoms with Gasteiger partial charge in [-0.3, -0.25) is 0 Å². The molecule has 0 atom stereocenters. The fraction of sp³-hybridized carbons (Fsp3) is 0.250. The minimum Gasteiger partial charge on any atom is -0.492 e. The summed E-state index contributed by atoms with van der Waals surface area (Å²) in [4.78, 5) is 10.8. The summed E-state index contributed by atoms with van der Waals surface area (Å²) in [5.41, 5.74) is 0.930. The van der Waals surface area contributed by atoms with E-state index in [1.54, 1.807) is 13.8 Å². The predicted molar refractivity (Wildman–Crippen MR) is 59.2 cm³/mol. The van der Waals surface area contributed by atoms with E-state index in [2.05, 4.69) is 0 Å². The Morgan fingerprint density at radius 2 is 2.06 bits per heavy atom. The van der Waals surface area contributed by atoms with Gasteiger partial charge in [0.25, 0.3) is 0 Å². The van der Waals surface area contributed by atoms with Gasteiger partial charge in [-0.15, -0.1) is 0 Å². The monoisotopic (exact) mass is 238 g/mol. The van der Waals surface area contributed by atoms with Crippen LogP contribution in [-0.4, -0.2) is 18.2 Å². The van der Waals surface area contributed by atoms with Crippen molar-refractivity contribution in [2.45, 2.75) is 13.8 Å². The van der Waals surface area contributed by atoms with Crippen LogP contribution in [0.4, 0.5) is 4.39 Å². The Kier molecular flexibility index (Phi) is 2.53. The highest BCUT2D eigenvalue weighted by Gasteiger charge is 2.21. The zero-order valence-corrected chi connectivity index (χ0v) is 9.63. The first-order chi connectivity index (χ1) is 7.97. The molecule has 0 unspecified atom stereocenters. The molecule has 1 aromatic carbocycles. The van der Waals surface area contributed by atoms with Gasteiger partial charge in [0.15, 0.2) is 11.3 Å². The fourth-order valence-electron chi connectivity index (χ4n) is 1.86. The molecule has 0 saturated carbocycles. The Labute approximate surface area is 96.6 Å². The summed E-state index contributed by atoms with van der Waals surface area (Å²) in [7, 11) is 1.39. The molecule has 0 spiro atoms. The number of hydrogen-bond donors (Lipinski definition) is 1. The predicted octanol–water partition coefficient (Wildman–Crippen LogP) is 2.90. The number of fused-ring (bicyclic) bond motifs is 1. The second-order valence-electron chi connectivity index (χ2n) is 3.76. The number of halogens is 1. The van der Waals surface area contributed by atoms with Gasteiger partial charge in [0.1, 0.15) is 5.82 Å². The average Bonchev–Trinajstić information content (AvgIpc) is 2.72. The van der Waals surface area contributed by atoms with Gasteiger partial charge >= 0.3 is 5.97 Å². The van der Waals surface area contributed by atoms with Gasteiger partial charge in [-0.25, -0.2) is 9.18 Å². The molecule has 1 aromatic heterocycles. The van der Waals surface area contributed by atoms with Crippen LogP contribution in [-0.2, 0) is 0 Å². The number of furan rings is 1. The Hall–Kier alpha value is -2.04. The van der Waals surface area contributed by atoms with Crippen molar-refractivity contribution in [2.24, 2.45) is 0 Å². The third kappa shape index (κ3) is 1.54. The van der Waals surface area contributed by atoms with Gasteiger partial charge in [-0.05, 0) is 25.5 Å². The van der Waals surface area contributed by atoms with E-state index in [0.29, 0.717) is 16.5 Å². The van der Waals surface area contributed by atoms with Crippen molar-refractivity contribution in [1.29, 1.82) is 0 Å². The molecular formula is C12H11FO4. The van der Waals surface area contributed by atoms with Crippen LogP contribution in [0, 0.1) is 19.7 Å². The molecule has 2 rings (SSSR count). The first-order valence-electron chi connectivity index (χ1n) is 4.96. The zero-order valence-electron chi connectivity index (χ0n) is 9.63. The lowest BCUT2D eigenvalue weighted by molar-refractivity contribution is 0.0665. The van der Waals surface area contributed by atoms with Gasteiger partial charge in [-0.2, -0.15) is 0 Å². The smallest absolute Gasteiger partial charge is 0.371 e. The molecule has 0 aliphatic carbocycles. The van der Waals surface area contributed by atoms with Crippen molar-refractivity contribution >= 4 is 16.9 Å². The topological polar surface area (TPSA) is 59.7 Å². The maximum absolute atomic E-state index is 13.8. The summed E-state index contributed by atoms with van der Waals surface area (Å²) in [6, 6.07) is 1.30. The van der Waals surface area contributed by atoms with Crippen molar-refractivity contribution in [1.82, 2.24) is 0 Å². The van der Waals surface area contributed by atoms with Crippen LogP contribution in [0.25, 0.3) is 11.0 Å². The highest BCUT2D eigenvalue weighted by atomic mass is 19.1. The van der Waals surface area contributed by atoms with Gasteiger partial charge in [0.2, 0.25) is 5.76 Å². The molecule has 4 nitrogen and oxygen atoms in total. The highest BCUT2D eigenvalue weighted by molar-refractivity contribution is 5.95. The van der Waals surface area contributed by atoms with E-state index >= 15 is 0 Å². The summed E-state index contributed by atoms with van der Waals surface area (Å²) in [5.74, 6) is -1.60. The summed E-state index contributed by atoms with van der Waals surface area (Å²) < 4.78 is 24.1. The zero-order chi connectivity index (χ0) is 12.7. The van der Waals surface area contributed by atoms with E-state index in [0.717, 1.165) is 0 Å². The van der Waals surface area contributed by atoms with Gasteiger partial charge in [0, 0.05) is 10.9 Å². The summed E-state index contributed by atoms with van der Waals surface area (Å²) in [6.45, 7) is 3.13. The number of aryl methyl sites for hydroxylation is 1. The molecule has 0 aliphatic rings. The molecular weight excluding hydrogens is 227 g/mol. The highest BCUT2D eigenvalue weighted by Crippen LogP contribution is 2.36. The Bertz CT molecular complexity index is 613. The van der Waals surface area contributed by atoms with E-state index < -0.39 is 11.8 Å². The molecule has 0 amide bonds. The third-order valence-electron chi connectivity index (χ3n) is 2.76. The number of aromatic carboxylic acids is 1. The lowest BCUT2D eigenvalue weighted by Gasteiger charge is -2.08. The Morgan fingerprint density at radius 1 is 1.41 bits per heavy atom. The second kappa shape index (κ2) is 3.76. The normalized spacial score (nSPS) is 10.8. The minimum atomic E-state index is -1.19. The van der Waals surface area contributed by atoms with Crippen LogP contribution >= 0.6 is 0 Å². The molecule has 0 bridgehead atoms. The van der Waals surface area contributed by atoms with Gasteiger partial charge in [-0.1, -0.05) is 0 Å². The maximum atomic E-state index is 13.8. The summed E-state index contributed by atoms with van der Waals surface area (Å²) in [6.07, 6.45) is 0. The van der Waals surface area contributed by atoms with Crippen LogP contribution in [0.15, 0.2) is 10.5 Å². The molecule has 17 heavy (non-hydrogen) atoms. The third-order valence-corrected chi connectivity index (χ3v) is 2.76. The molecule has 1 N–H and O–H groups in total. The SMILES string of the molecule is COc1c(C)c(F)c(C)c2cc(C(=O)O)oc12. The van der Waals surface area contributed by atoms with Gasteiger partial charge < -0.3 is 14.3 Å².